The van der Waals surface area contributed by atoms with Crippen LogP contribution in [0, 0.1) is 5.92 Å². The minimum absolute atomic E-state index is 0.848. The van der Waals surface area contributed by atoms with Crippen LogP contribution >= 0.6 is 0 Å². The first-order valence-electron chi connectivity index (χ1n) is 4.77. The van der Waals surface area contributed by atoms with Crippen molar-refractivity contribution in [3.8, 4) is 0 Å². The summed E-state index contributed by atoms with van der Waals surface area (Å²) in [5.74, 6) is 0.848. The summed E-state index contributed by atoms with van der Waals surface area (Å²) in [4.78, 5) is 3.94. The monoisotopic (exact) mass is 165 g/mol. The van der Waals surface area contributed by atoms with Crippen molar-refractivity contribution in [2.45, 2.75) is 38.6 Å². The lowest BCUT2D eigenvalue weighted by Crippen LogP contribution is -2.14. The van der Waals surface area contributed by atoms with Crippen LogP contribution in [-0.4, -0.2) is 14.8 Å². The van der Waals surface area contributed by atoms with E-state index in [1.165, 1.54) is 32.1 Å². The zero-order valence-electron chi connectivity index (χ0n) is 7.32. The summed E-state index contributed by atoms with van der Waals surface area (Å²) in [7, 11) is 0. The molecule has 0 atom stereocenters. The van der Waals surface area contributed by atoms with Gasteiger partial charge in [-0.05, 0) is 18.8 Å². The molecule has 3 heteroatoms. The number of nitrogens with zero attached hydrogens (tertiary/aromatic N) is 3. The number of hydrogen-bond donors (Lipinski definition) is 0. The number of rotatable bonds is 2. The molecule has 0 bridgehead atoms. The largest absolute Gasteiger partial charge is 0.253 e. The van der Waals surface area contributed by atoms with Crippen LogP contribution < -0.4 is 0 Å². The van der Waals surface area contributed by atoms with Gasteiger partial charge in [-0.15, -0.1) is 0 Å². The Morgan fingerprint density at radius 2 is 2.08 bits per heavy atom. The lowest BCUT2D eigenvalue weighted by Gasteiger charge is -2.20. The summed E-state index contributed by atoms with van der Waals surface area (Å²) >= 11 is 0. The van der Waals surface area contributed by atoms with Gasteiger partial charge in [-0.3, -0.25) is 4.68 Å². The van der Waals surface area contributed by atoms with Crippen molar-refractivity contribution in [2.75, 3.05) is 0 Å². The minimum Gasteiger partial charge on any atom is -0.253 e. The molecular weight excluding hydrogens is 150 g/mol. The summed E-state index contributed by atoms with van der Waals surface area (Å²) in [5.41, 5.74) is 0. The number of aromatic nitrogens is 3. The van der Waals surface area contributed by atoms with E-state index in [9.17, 15) is 0 Å². The molecule has 0 aromatic carbocycles. The molecule has 0 aliphatic heterocycles. The van der Waals surface area contributed by atoms with E-state index < -0.39 is 0 Å². The zero-order chi connectivity index (χ0) is 8.23. The van der Waals surface area contributed by atoms with Crippen LogP contribution in [0.5, 0.6) is 0 Å². The topological polar surface area (TPSA) is 30.7 Å². The summed E-state index contributed by atoms with van der Waals surface area (Å²) < 4.78 is 1.95. The Kier molecular flexibility index (Phi) is 2.39. The summed E-state index contributed by atoms with van der Waals surface area (Å²) in [6.07, 6.45) is 10.4. The molecule has 1 aromatic rings. The Balaban J connectivity index is 1.86. The third-order valence-electron chi connectivity index (χ3n) is 2.64. The predicted molar refractivity (Wildman–Crippen MR) is 46.6 cm³/mol. The van der Waals surface area contributed by atoms with Gasteiger partial charge in [0.1, 0.15) is 12.7 Å². The second-order valence-corrected chi connectivity index (χ2v) is 3.62. The van der Waals surface area contributed by atoms with Crippen molar-refractivity contribution < 1.29 is 0 Å². The number of hydrogen-bond acceptors (Lipinski definition) is 2. The summed E-state index contributed by atoms with van der Waals surface area (Å²) in [5, 5.41) is 4.12. The highest BCUT2D eigenvalue weighted by molar-refractivity contribution is 4.67. The fraction of sp³-hybridized carbons (Fsp3) is 0.778. The van der Waals surface area contributed by atoms with Crippen LogP contribution in [0.25, 0.3) is 0 Å². The van der Waals surface area contributed by atoms with Crippen LogP contribution in [0.15, 0.2) is 12.7 Å². The van der Waals surface area contributed by atoms with E-state index in [-0.39, 0.29) is 0 Å². The van der Waals surface area contributed by atoms with Crippen molar-refractivity contribution in [3.05, 3.63) is 12.7 Å². The zero-order valence-corrected chi connectivity index (χ0v) is 7.32. The van der Waals surface area contributed by atoms with Crippen molar-refractivity contribution in [1.29, 1.82) is 0 Å². The lowest BCUT2D eigenvalue weighted by molar-refractivity contribution is 0.308. The average molecular weight is 165 g/mol. The highest BCUT2D eigenvalue weighted by atomic mass is 15.3. The Morgan fingerprint density at radius 3 is 2.75 bits per heavy atom. The van der Waals surface area contributed by atoms with Gasteiger partial charge >= 0.3 is 0 Å². The van der Waals surface area contributed by atoms with Crippen LogP contribution in [0.2, 0.25) is 0 Å². The normalized spacial score (nSPS) is 19.7. The van der Waals surface area contributed by atoms with Crippen LogP contribution in [0.1, 0.15) is 32.1 Å². The molecule has 0 N–H and O–H groups in total. The maximum atomic E-state index is 4.12. The quantitative estimate of drug-likeness (QED) is 0.669. The Labute approximate surface area is 72.8 Å². The second-order valence-electron chi connectivity index (χ2n) is 3.62. The van der Waals surface area contributed by atoms with Crippen molar-refractivity contribution in [1.82, 2.24) is 14.8 Å². The Morgan fingerprint density at radius 1 is 1.25 bits per heavy atom. The molecule has 0 saturated heterocycles. The second kappa shape index (κ2) is 3.70. The van der Waals surface area contributed by atoms with Crippen molar-refractivity contribution in [3.63, 3.8) is 0 Å². The maximum absolute atomic E-state index is 4.12. The van der Waals surface area contributed by atoms with E-state index in [1.54, 1.807) is 6.33 Å². The molecule has 0 unspecified atom stereocenters. The van der Waals surface area contributed by atoms with Gasteiger partial charge in [0.15, 0.2) is 0 Å². The van der Waals surface area contributed by atoms with Crippen LogP contribution in [0.3, 0.4) is 0 Å². The molecular formula is C9H15N3. The van der Waals surface area contributed by atoms with Gasteiger partial charge in [0.2, 0.25) is 0 Å². The van der Waals surface area contributed by atoms with Gasteiger partial charge in [-0.25, -0.2) is 4.98 Å². The third-order valence-corrected chi connectivity index (χ3v) is 2.64. The molecule has 0 amide bonds. The minimum atomic E-state index is 0.848. The first kappa shape index (κ1) is 7.77. The van der Waals surface area contributed by atoms with E-state index in [0.29, 0.717) is 0 Å². The molecule has 1 aliphatic carbocycles. The van der Waals surface area contributed by atoms with Crippen molar-refractivity contribution >= 4 is 0 Å². The van der Waals surface area contributed by atoms with E-state index in [2.05, 4.69) is 10.1 Å². The SMILES string of the molecule is c1ncn(CC2CCCCC2)n1. The predicted octanol–water partition coefficient (Wildman–Crippen LogP) is 1.86. The smallest absolute Gasteiger partial charge is 0.137 e. The molecule has 1 aliphatic rings. The maximum Gasteiger partial charge on any atom is 0.137 e. The van der Waals surface area contributed by atoms with Gasteiger partial charge in [-0.1, -0.05) is 19.3 Å². The molecule has 12 heavy (non-hydrogen) atoms. The molecule has 0 spiro atoms. The molecule has 66 valence electrons. The molecule has 1 saturated carbocycles. The standard InChI is InChI=1S/C9H15N3/c1-2-4-9(5-3-1)6-12-8-10-7-11-12/h7-9H,1-6H2. The first-order valence-corrected chi connectivity index (χ1v) is 4.77. The van der Waals surface area contributed by atoms with Crippen molar-refractivity contribution in [2.24, 2.45) is 5.92 Å². The Hall–Kier alpha value is -0.860. The lowest BCUT2D eigenvalue weighted by atomic mass is 9.89. The first-order chi connectivity index (χ1) is 5.95. The molecule has 1 fully saturated rings. The highest BCUT2D eigenvalue weighted by Gasteiger charge is 2.13. The molecule has 1 heterocycles. The van der Waals surface area contributed by atoms with Crippen LogP contribution in [-0.2, 0) is 6.54 Å². The van der Waals surface area contributed by atoms with E-state index >= 15 is 0 Å². The van der Waals surface area contributed by atoms with E-state index in [1.807, 2.05) is 11.0 Å². The van der Waals surface area contributed by atoms with Gasteiger partial charge in [0.25, 0.3) is 0 Å². The highest BCUT2D eigenvalue weighted by Crippen LogP contribution is 2.24. The van der Waals surface area contributed by atoms with Gasteiger partial charge in [-0.2, -0.15) is 5.10 Å². The molecule has 0 radical (unpaired) electrons. The fourth-order valence-electron chi connectivity index (χ4n) is 1.96. The molecule has 1 aromatic heterocycles. The third kappa shape index (κ3) is 1.84. The van der Waals surface area contributed by atoms with Gasteiger partial charge < -0.3 is 0 Å². The van der Waals surface area contributed by atoms with E-state index in [0.717, 1.165) is 12.5 Å². The average Bonchev–Trinajstić information content (AvgIpc) is 2.59. The van der Waals surface area contributed by atoms with E-state index in [4.69, 9.17) is 0 Å². The summed E-state index contributed by atoms with van der Waals surface area (Å²) in [6.45, 7) is 1.07. The molecule has 3 nitrogen and oxygen atoms in total. The van der Waals surface area contributed by atoms with Gasteiger partial charge in [0, 0.05) is 6.54 Å². The van der Waals surface area contributed by atoms with Crippen LogP contribution in [0.4, 0.5) is 0 Å². The fourth-order valence-corrected chi connectivity index (χ4v) is 1.96. The summed E-state index contributed by atoms with van der Waals surface area (Å²) in [6, 6.07) is 0. The molecule has 2 rings (SSSR count). The van der Waals surface area contributed by atoms with Gasteiger partial charge in [0.05, 0.1) is 0 Å². The Bertz CT molecular complexity index is 212.